The largest absolute Gasteiger partial charge is 0.496 e. The van der Waals surface area contributed by atoms with Crippen LogP contribution in [0.3, 0.4) is 0 Å². The van der Waals surface area contributed by atoms with Crippen LogP contribution in [0.15, 0.2) is 36.4 Å². The Morgan fingerprint density at radius 2 is 1.76 bits per heavy atom. The molecule has 2 aromatic rings. The van der Waals surface area contributed by atoms with Gasteiger partial charge in [0.1, 0.15) is 5.75 Å². The Morgan fingerprint density at radius 1 is 1.02 bits per heavy atom. The maximum absolute atomic E-state index is 13.5. The van der Waals surface area contributed by atoms with E-state index in [9.17, 15) is 9.59 Å². The normalized spacial score (nSPS) is 19.1. The number of unbranched alkanes of at least 4 members (excludes halogenated alkanes) is 1. The monoisotopic (exact) mass is 566 g/mol. The van der Waals surface area contributed by atoms with Gasteiger partial charge in [-0.1, -0.05) is 25.5 Å². The quantitative estimate of drug-likeness (QED) is 0.530. The molecule has 2 N–H and O–H groups in total. The van der Waals surface area contributed by atoms with Crippen LogP contribution in [0, 0.1) is 5.92 Å². The summed E-state index contributed by atoms with van der Waals surface area (Å²) < 4.78 is 11.1. The lowest BCUT2D eigenvalue weighted by atomic mass is 9.81. The molecule has 224 valence electrons. The first kappa shape index (κ1) is 30.8. The highest BCUT2D eigenvalue weighted by Crippen LogP contribution is 2.39. The average Bonchev–Trinajstić information content (AvgIpc) is 3.02. The van der Waals surface area contributed by atoms with Gasteiger partial charge in [-0.3, -0.25) is 9.59 Å². The molecule has 0 aromatic heterocycles. The van der Waals surface area contributed by atoms with Crippen LogP contribution in [0.4, 0.5) is 11.4 Å². The van der Waals surface area contributed by atoms with Gasteiger partial charge in [0.25, 0.3) is 5.91 Å². The van der Waals surface area contributed by atoms with E-state index in [1.165, 1.54) is 16.8 Å². The van der Waals surface area contributed by atoms with E-state index in [1.54, 1.807) is 18.1 Å². The van der Waals surface area contributed by atoms with Gasteiger partial charge in [0.2, 0.25) is 5.91 Å². The van der Waals surface area contributed by atoms with Crippen LogP contribution in [-0.2, 0) is 22.4 Å². The number of benzene rings is 2. The summed E-state index contributed by atoms with van der Waals surface area (Å²) in [4.78, 5) is 33.2. The smallest absolute Gasteiger partial charge is 0.256 e. The van der Waals surface area contributed by atoms with Crippen molar-refractivity contribution in [2.45, 2.75) is 39.0 Å². The molecular weight excluding hydrogens is 520 g/mol. The number of para-hydroxylation sites is 1. The lowest BCUT2D eigenvalue weighted by molar-refractivity contribution is -0.120. The molecular formula is C32H46N4O5. The second-order valence-electron chi connectivity index (χ2n) is 11.0. The van der Waals surface area contributed by atoms with Crippen LogP contribution in [0.5, 0.6) is 5.75 Å². The topological polar surface area (TPSA) is 94.6 Å². The Morgan fingerprint density at radius 3 is 2.41 bits per heavy atom. The molecule has 2 aromatic carbocycles. The Kier molecular flexibility index (Phi) is 11.4. The van der Waals surface area contributed by atoms with Crippen molar-refractivity contribution in [2.24, 2.45) is 5.92 Å². The molecule has 9 nitrogen and oxygen atoms in total. The fraction of sp³-hybridized carbons (Fsp3) is 0.562. The molecule has 3 aliphatic rings. The fourth-order valence-corrected chi connectivity index (χ4v) is 5.69. The van der Waals surface area contributed by atoms with E-state index in [0.717, 1.165) is 57.6 Å². The molecule has 1 unspecified atom stereocenters. The number of morpholine rings is 1. The molecule has 9 heteroatoms. The van der Waals surface area contributed by atoms with Gasteiger partial charge in [0, 0.05) is 57.5 Å². The number of ether oxygens (including phenoxy) is 2. The van der Waals surface area contributed by atoms with E-state index in [-0.39, 0.29) is 17.7 Å². The summed E-state index contributed by atoms with van der Waals surface area (Å²) >= 11 is 0. The molecule has 1 atom stereocenters. The number of nitrogens with zero attached hydrogens (tertiary/aromatic N) is 3. The zero-order chi connectivity index (χ0) is 29.2. The third-order valence-electron chi connectivity index (χ3n) is 8.22. The zero-order valence-corrected chi connectivity index (χ0v) is 24.9. The number of nitrogens with one attached hydrogen (secondary N) is 1. The maximum atomic E-state index is 13.5. The summed E-state index contributed by atoms with van der Waals surface area (Å²) in [6.45, 7) is 8.62. The lowest BCUT2D eigenvalue weighted by Gasteiger charge is -2.37. The molecule has 2 heterocycles. The van der Waals surface area contributed by atoms with Crippen molar-refractivity contribution in [3.05, 3.63) is 53.1 Å². The van der Waals surface area contributed by atoms with Crippen LogP contribution in [0.2, 0.25) is 0 Å². The van der Waals surface area contributed by atoms with Crippen molar-refractivity contribution < 1.29 is 24.2 Å². The molecule has 0 radical (unpaired) electrons. The first-order valence-electron chi connectivity index (χ1n) is 15.0. The average molecular weight is 567 g/mol. The Hall–Kier alpha value is -3.14. The van der Waals surface area contributed by atoms with E-state index in [1.807, 2.05) is 18.2 Å². The maximum Gasteiger partial charge on any atom is 0.256 e. The summed E-state index contributed by atoms with van der Waals surface area (Å²) in [5.74, 6) is 0.644. The van der Waals surface area contributed by atoms with Gasteiger partial charge in [-0.2, -0.15) is 0 Å². The number of rotatable bonds is 7. The summed E-state index contributed by atoms with van der Waals surface area (Å²) in [7, 11) is 3.87. The summed E-state index contributed by atoms with van der Waals surface area (Å²) in [6.07, 6.45) is 4.25. The molecule has 2 fully saturated rings. The van der Waals surface area contributed by atoms with Crippen LogP contribution in [0.1, 0.15) is 47.7 Å². The van der Waals surface area contributed by atoms with E-state index in [0.29, 0.717) is 50.6 Å². The van der Waals surface area contributed by atoms with Crippen molar-refractivity contribution >= 4 is 23.2 Å². The molecule has 41 heavy (non-hydrogen) atoms. The molecule has 0 saturated carbocycles. The molecule has 5 rings (SSSR count). The Labute approximate surface area is 244 Å². The van der Waals surface area contributed by atoms with Crippen molar-refractivity contribution in [3.63, 3.8) is 0 Å². The van der Waals surface area contributed by atoms with Crippen molar-refractivity contribution in [3.8, 4) is 5.75 Å². The van der Waals surface area contributed by atoms with E-state index < -0.39 is 0 Å². The lowest BCUT2D eigenvalue weighted by Crippen LogP contribution is -2.45. The number of amides is 2. The van der Waals surface area contributed by atoms with Crippen LogP contribution in [-0.4, -0.2) is 100.0 Å². The van der Waals surface area contributed by atoms with Gasteiger partial charge < -0.3 is 34.6 Å². The summed E-state index contributed by atoms with van der Waals surface area (Å²) in [6, 6.07) is 11.5. The third-order valence-corrected chi connectivity index (χ3v) is 8.22. The third kappa shape index (κ3) is 7.78. The summed E-state index contributed by atoms with van der Waals surface area (Å²) in [5, 5.41) is 11.2. The predicted molar refractivity (Wildman–Crippen MR) is 162 cm³/mol. The predicted octanol–water partition coefficient (Wildman–Crippen LogP) is 3.44. The van der Waals surface area contributed by atoms with E-state index >= 15 is 0 Å². The van der Waals surface area contributed by atoms with Crippen LogP contribution < -0.4 is 15.0 Å². The molecule has 1 aliphatic carbocycles. The Balaban J connectivity index is 0.000000714. The SMILES string of the molecule is CCCCO.COc1ccc(N2CCN(C)CC2)c2c1CCC(C(=O)Nc1ccccc1C(=O)N1CCOCC1)C2. The minimum atomic E-state index is -0.164. The number of anilines is 2. The number of likely N-dealkylation sites (N-methyl/N-ethyl adjacent to an activating group) is 1. The number of carbonyl (C=O) groups is 2. The first-order chi connectivity index (χ1) is 20.0. The number of hydrogen-bond acceptors (Lipinski definition) is 7. The second kappa shape index (κ2) is 15.2. The van der Waals surface area contributed by atoms with E-state index in [2.05, 4.69) is 41.2 Å². The highest BCUT2D eigenvalue weighted by atomic mass is 16.5. The van der Waals surface area contributed by atoms with Crippen molar-refractivity contribution in [1.29, 1.82) is 0 Å². The highest BCUT2D eigenvalue weighted by molar-refractivity contribution is 6.04. The van der Waals surface area contributed by atoms with Crippen molar-refractivity contribution in [2.75, 3.05) is 83.5 Å². The molecule has 0 spiro atoms. The minimum Gasteiger partial charge on any atom is -0.496 e. The van der Waals surface area contributed by atoms with Gasteiger partial charge in [-0.15, -0.1) is 0 Å². The zero-order valence-electron chi connectivity index (χ0n) is 24.9. The molecule has 2 aliphatic heterocycles. The summed E-state index contributed by atoms with van der Waals surface area (Å²) in [5.41, 5.74) is 4.78. The molecule has 0 bridgehead atoms. The van der Waals surface area contributed by atoms with Crippen LogP contribution >= 0.6 is 0 Å². The Bertz CT molecular complexity index is 1160. The van der Waals surface area contributed by atoms with E-state index in [4.69, 9.17) is 14.6 Å². The molecule has 2 saturated heterocycles. The highest BCUT2D eigenvalue weighted by Gasteiger charge is 2.31. The minimum absolute atomic E-state index is 0.0324. The first-order valence-corrected chi connectivity index (χ1v) is 15.0. The van der Waals surface area contributed by atoms with Gasteiger partial charge in [0.05, 0.1) is 31.6 Å². The number of aliphatic hydroxyl groups is 1. The number of carbonyl (C=O) groups excluding carboxylic acids is 2. The number of hydrogen-bond donors (Lipinski definition) is 2. The van der Waals surface area contributed by atoms with Gasteiger partial charge in [-0.25, -0.2) is 0 Å². The van der Waals surface area contributed by atoms with Gasteiger partial charge >= 0.3 is 0 Å². The van der Waals surface area contributed by atoms with Gasteiger partial charge in [0.15, 0.2) is 0 Å². The van der Waals surface area contributed by atoms with Gasteiger partial charge in [-0.05, 0) is 68.1 Å². The number of fused-ring (bicyclic) bond motifs is 1. The standard InChI is InChI=1S/C28H36N4O4.C4H10O/c1-30-11-13-31(14-12-30)25-9-10-26(35-2)21-8-7-20(19-23(21)25)27(33)29-24-6-4-3-5-22(24)28(34)32-15-17-36-18-16-32;1-2-3-4-5/h3-6,9-10,20H,7-8,11-19H2,1-2H3,(H,29,33);5H,2-4H2,1H3. The second-order valence-corrected chi connectivity index (χ2v) is 11.0. The fourth-order valence-electron chi connectivity index (χ4n) is 5.69. The number of aliphatic hydroxyl groups excluding tert-OH is 1. The number of methoxy groups -OCH3 is 1. The van der Waals surface area contributed by atoms with Crippen LogP contribution in [0.25, 0.3) is 0 Å². The number of piperazine rings is 1. The molecule has 2 amide bonds. The van der Waals surface area contributed by atoms with Crippen molar-refractivity contribution in [1.82, 2.24) is 9.80 Å².